The molecule has 0 atom stereocenters. The number of Topliss-reactive ketones (excluding diaryl/α,β-unsaturated/α-hetero) is 1. The minimum atomic E-state index is 0.517. The van der Waals surface area contributed by atoms with Crippen molar-refractivity contribution in [3.8, 4) is 0 Å². The molecule has 286 valence electrons. The van der Waals surface area contributed by atoms with Crippen LogP contribution in [0.1, 0.15) is 251 Å². The van der Waals surface area contributed by atoms with Gasteiger partial charge in [0.25, 0.3) is 0 Å². The number of hydrogen-bond donors (Lipinski definition) is 0. The SMILES string of the molecule is C=C.CCCCCCCCCCC(=O)CCCCCCCN(C)CCCCCCCCCCC1CCCCCCCCCCCCCC1. The molecule has 0 unspecified atom stereocenters. The fourth-order valence-corrected chi connectivity index (χ4v) is 7.87. The number of hydrogen-bond acceptors (Lipinski definition) is 2. The zero-order chi connectivity index (χ0) is 35.0. The Balaban J connectivity index is 0.0000108. The number of rotatable bonds is 28. The van der Waals surface area contributed by atoms with Gasteiger partial charge in [-0.2, -0.15) is 0 Å². The van der Waals surface area contributed by atoms with E-state index in [1.807, 2.05) is 0 Å². The highest BCUT2D eigenvalue weighted by Crippen LogP contribution is 2.25. The summed E-state index contributed by atoms with van der Waals surface area (Å²) < 4.78 is 0. The van der Waals surface area contributed by atoms with Gasteiger partial charge < -0.3 is 4.90 Å². The average Bonchev–Trinajstić information content (AvgIpc) is 3.11. The van der Waals surface area contributed by atoms with E-state index in [-0.39, 0.29) is 0 Å². The molecule has 1 fully saturated rings. The van der Waals surface area contributed by atoms with E-state index in [0.29, 0.717) is 5.78 Å². The average molecular weight is 674 g/mol. The summed E-state index contributed by atoms with van der Waals surface area (Å²) >= 11 is 0. The lowest BCUT2D eigenvalue weighted by Crippen LogP contribution is -2.20. The molecule has 0 amide bonds. The first kappa shape index (κ1) is 47.4. The van der Waals surface area contributed by atoms with Crippen molar-refractivity contribution in [3.05, 3.63) is 13.2 Å². The minimum absolute atomic E-state index is 0.517. The lowest BCUT2D eigenvalue weighted by atomic mass is 9.89. The van der Waals surface area contributed by atoms with E-state index in [0.717, 1.165) is 31.6 Å². The first-order valence-corrected chi connectivity index (χ1v) is 22.4. The van der Waals surface area contributed by atoms with Crippen LogP contribution in [0.2, 0.25) is 0 Å². The molecule has 2 nitrogen and oxygen atoms in total. The van der Waals surface area contributed by atoms with Gasteiger partial charge in [-0.25, -0.2) is 0 Å². The summed E-state index contributed by atoms with van der Waals surface area (Å²) in [5.41, 5.74) is 0. The molecule has 0 heterocycles. The van der Waals surface area contributed by atoms with Crippen LogP contribution in [0, 0.1) is 5.92 Å². The van der Waals surface area contributed by atoms with Gasteiger partial charge in [0, 0.05) is 12.8 Å². The fourth-order valence-electron chi connectivity index (χ4n) is 7.87. The Morgan fingerprint density at radius 3 is 1.17 bits per heavy atom. The van der Waals surface area contributed by atoms with Gasteiger partial charge in [-0.15, -0.1) is 13.2 Å². The van der Waals surface area contributed by atoms with Gasteiger partial charge in [0.15, 0.2) is 0 Å². The summed E-state index contributed by atoms with van der Waals surface area (Å²) in [6.07, 6.45) is 52.6. The number of unbranched alkanes of at least 4 members (excludes halogenated alkanes) is 18. The molecular formula is C46H91NO. The molecule has 1 aliphatic carbocycles. The van der Waals surface area contributed by atoms with Crippen LogP contribution in [0.15, 0.2) is 13.2 Å². The highest BCUT2D eigenvalue weighted by Gasteiger charge is 2.09. The summed E-state index contributed by atoms with van der Waals surface area (Å²) in [6, 6.07) is 0. The van der Waals surface area contributed by atoms with Crippen LogP contribution in [-0.4, -0.2) is 30.8 Å². The predicted octanol–water partition coefficient (Wildman–Crippen LogP) is 15.8. The van der Waals surface area contributed by atoms with E-state index in [1.165, 1.54) is 231 Å². The number of carbonyl (C=O) groups excluding carboxylic acids is 1. The number of nitrogens with zero attached hydrogens (tertiary/aromatic N) is 1. The Labute approximate surface area is 304 Å². The maximum atomic E-state index is 12.1. The zero-order valence-electron chi connectivity index (χ0n) is 33.6. The maximum absolute atomic E-state index is 12.1. The van der Waals surface area contributed by atoms with Crippen LogP contribution in [0.5, 0.6) is 0 Å². The smallest absolute Gasteiger partial charge is 0.132 e. The van der Waals surface area contributed by atoms with Gasteiger partial charge in [0.05, 0.1) is 0 Å². The van der Waals surface area contributed by atoms with Crippen molar-refractivity contribution in [1.82, 2.24) is 4.90 Å². The maximum Gasteiger partial charge on any atom is 0.132 e. The van der Waals surface area contributed by atoms with E-state index in [2.05, 4.69) is 32.0 Å². The third-order valence-electron chi connectivity index (χ3n) is 11.2. The second-order valence-corrected chi connectivity index (χ2v) is 15.9. The molecule has 1 rings (SSSR count). The Hall–Kier alpha value is -0.630. The van der Waals surface area contributed by atoms with Crippen molar-refractivity contribution < 1.29 is 4.79 Å². The molecule has 0 aromatic carbocycles. The fraction of sp³-hybridized carbons (Fsp3) is 0.935. The topological polar surface area (TPSA) is 20.3 Å². The molecule has 0 bridgehead atoms. The van der Waals surface area contributed by atoms with Crippen molar-refractivity contribution >= 4 is 5.78 Å². The summed E-state index contributed by atoms with van der Waals surface area (Å²) in [5.74, 6) is 1.55. The second-order valence-electron chi connectivity index (χ2n) is 15.9. The molecule has 0 N–H and O–H groups in total. The Morgan fingerprint density at radius 1 is 0.458 bits per heavy atom. The highest BCUT2D eigenvalue weighted by molar-refractivity contribution is 5.78. The van der Waals surface area contributed by atoms with E-state index in [9.17, 15) is 4.79 Å². The van der Waals surface area contributed by atoms with E-state index in [1.54, 1.807) is 0 Å². The van der Waals surface area contributed by atoms with Crippen molar-refractivity contribution in [2.45, 2.75) is 251 Å². The van der Waals surface area contributed by atoms with Crippen LogP contribution in [-0.2, 0) is 4.79 Å². The van der Waals surface area contributed by atoms with Gasteiger partial charge in [0.1, 0.15) is 5.78 Å². The van der Waals surface area contributed by atoms with Gasteiger partial charge in [-0.1, -0.05) is 212 Å². The lowest BCUT2D eigenvalue weighted by molar-refractivity contribution is -0.119. The molecule has 0 aromatic heterocycles. The standard InChI is InChI=1S/C44H87NO.C2H4/c1-3-4-5-6-7-19-25-32-39-44(46)40-33-26-21-28-35-42-45(2)41-34-27-20-15-14-18-24-31-38-43-36-29-22-16-12-10-8-9-11-13-17-23-30-37-43;1-2/h43H,3-42H2,1-2H3;1-2H2. The van der Waals surface area contributed by atoms with Crippen LogP contribution < -0.4 is 0 Å². The highest BCUT2D eigenvalue weighted by atomic mass is 16.1. The van der Waals surface area contributed by atoms with Gasteiger partial charge in [-0.05, 0) is 51.7 Å². The summed E-state index contributed by atoms with van der Waals surface area (Å²) in [4.78, 5) is 14.7. The van der Waals surface area contributed by atoms with E-state index < -0.39 is 0 Å². The first-order valence-electron chi connectivity index (χ1n) is 22.4. The van der Waals surface area contributed by atoms with Gasteiger partial charge in [-0.3, -0.25) is 4.79 Å². The molecule has 0 aromatic rings. The molecule has 0 radical (unpaired) electrons. The van der Waals surface area contributed by atoms with E-state index >= 15 is 0 Å². The molecule has 0 spiro atoms. The monoisotopic (exact) mass is 674 g/mol. The normalized spacial score (nSPS) is 15.8. The predicted molar refractivity (Wildman–Crippen MR) is 218 cm³/mol. The summed E-state index contributed by atoms with van der Waals surface area (Å²) in [5, 5.41) is 0. The Morgan fingerprint density at radius 2 is 0.771 bits per heavy atom. The third kappa shape index (κ3) is 36.6. The van der Waals surface area contributed by atoms with Crippen LogP contribution in [0.25, 0.3) is 0 Å². The Bertz CT molecular complexity index is 601. The molecule has 0 saturated heterocycles. The van der Waals surface area contributed by atoms with Gasteiger partial charge >= 0.3 is 0 Å². The van der Waals surface area contributed by atoms with Crippen LogP contribution >= 0.6 is 0 Å². The summed E-state index contributed by atoms with van der Waals surface area (Å²) in [7, 11) is 2.32. The zero-order valence-corrected chi connectivity index (χ0v) is 33.6. The van der Waals surface area contributed by atoms with Crippen LogP contribution in [0.3, 0.4) is 0 Å². The van der Waals surface area contributed by atoms with Crippen LogP contribution in [0.4, 0.5) is 0 Å². The van der Waals surface area contributed by atoms with Crippen molar-refractivity contribution in [2.75, 3.05) is 20.1 Å². The lowest BCUT2D eigenvalue weighted by Gasteiger charge is -2.17. The first-order chi connectivity index (χ1) is 23.7. The molecule has 0 aliphatic heterocycles. The van der Waals surface area contributed by atoms with Gasteiger partial charge in [0.2, 0.25) is 0 Å². The minimum Gasteiger partial charge on any atom is -0.306 e. The molecular weight excluding hydrogens is 583 g/mol. The number of ketones is 1. The largest absolute Gasteiger partial charge is 0.306 e. The second kappa shape index (κ2) is 40.8. The van der Waals surface area contributed by atoms with Crippen molar-refractivity contribution in [1.29, 1.82) is 0 Å². The molecule has 2 heteroatoms. The third-order valence-corrected chi connectivity index (χ3v) is 11.2. The molecule has 1 saturated carbocycles. The number of carbonyl (C=O) groups is 1. The van der Waals surface area contributed by atoms with Crippen molar-refractivity contribution in [3.63, 3.8) is 0 Å². The summed E-state index contributed by atoms with van der Waals surface area (Å²) in [6.45, 7) is 10.8. The van der Waals surface area contributed by atoms with Crippen molar-refractivity contribution in [2.24, 2.45) is 5.92 Å². The molecule has 48 heavy (non-hydrogen) atoms. The quantitative estimate of drug-likeness (QED) is 0.0608. The molecule has 1 aliphatic rings. The van der Waals surface area contributed by atoms with E-state index in [4.69, 9.17) is 0 Å². The Kier molecular flexibility index (Phi) is 40.3.